The maximum Gasteiger partial charge on any atom is 0.318 e. The maximum absolute atomic E-state index is 11.7. The summed E-state index contributed by atoms with van der Waals surface area (Å²) >= 11 is 0. The van der Waals surface area contributed by atoms with E-state index in [4.69, 9.17) is 9.47 Å². The first-order chi connectivity index (χ1) is 7.79. The molecular formula is C13H12O3. The number of benzene rings is 1. The van der Waals surface area contributed by atoms with Crippen LogP contribution in [0, 0.1) is 5.92 Å². The molecule has 2 aliphatic rings. The lowest BCUT2D eigenvalue weighted by Crippen LogP contribution is -2.24. The number of hydrogen-bond donors (Lipinski definition) is 0. The molecule has 0 saturated heterocycles. The number of carbonyl (C=O) groups is 1. The van der Waals surface area contributed by atoms with E-state index < -0.39 is 0 Å². The molecular weight excluding hydrogens is 204 g/mol. The zero-order valence-electron chi connectivity index (χ0n) is 9.03. The van der Waals surface area contributed by atoms with Gasteiger partial charge in [0.2, 0.25) is 0 Å². The molecule has 1 atom stereocenters. The molecule has 3 rings (SSSR count). The molecule has 1 aliphatic carbocycles. The van der Waals surface area contributed by atoms with Gasteiger partial charge >= 0.3 is 5.97 Å². The molecule has 0 N–H and O–H groups in total. The van der Waals surface area contributed by atoms with Crippen LogP contribution < -0.4 is 9.47 Å². The number of ether oxygens (including phenoxy) is 2. The molecule has 3 heteroatoms. The van der Waals surface area contributed by atoms with Crippen LogP contribution in [0.5, 0.6) is 11.5 Å². The highest BCUT2D eigenvalue weighted by Crippen LogP contribution is 2.44. The summed E-state index contributed by atoms with van der Waals surface area (Å²) in [5.74, 6) is 1.25. The van der Waals surface area contributed by atoms with Gasteiger partial charge in [0, 0.05) is 5.56 Å². The second-order valence-electron chi connectivity index (χ2n) is 4.07. The van der Waals surface area contributed by atoms with Gasteiger partial charge in [0.25, 0.3) is 0 Å². The number of methoxy groups -OCH3 is 1. The summed E-state index contributed by atoms with van der Waals surface area (Å²) in [5.41, 5.74) is 2.10. The largest absolute Gasteiger partial charge is 0.497 e. The van der Waals surface area contributed by atoms with Gasteiger partial charge in [0.05, 0.1) is 13.0 Å². The molecule has 1 heterocycles. The fourth-order valence-electron chi connectivity index (χ4n) is 2.38. The highest BCUT2D eigenvalue weighted by Gasteiger charge is 2.35. The molecule has 16 heavy (non-hydrogen) atoms. The summed E-state index contributed by atoms with van der Waals surface area (Å²) in [6.45, 7) is 0. The summed E-state index contributed by atoms with van der Waals surface area (Å²) in [5, 5.41) is 0. The highest BCUT2D eigenvalue weighted by molar-refractivity contribution is 5.96. The van der Waals surface area contributed by atoms with Gasteiger partial charge in [-0.25, -0.2) is 0 Å². The van der Waals surface area contributed by atoms with E-state index in [0.717, 1.165) is 29.7 Å². The van der Waals surface area contributed by atoms with Gasteiger partial charge in [0.1, 0.15) is 11.5 Å². The second kappa shape index (κ2) is 3.37. The average molecular weight is 216 g/mol. The van der Waals surface area contributed by atoms with Crippen LogP contribution >= 0.6 is 0 Å². The normalized spacial score (nSPS) is 21.9. The summed E-state index contributed by atoms with van der Waals surface area (Å²) in [4.78, 5) is 11.7. The number of allylic oxidation sites excluding steroid dienone is 1. The third-order valence-corrected chi connectivity index (χ3v) is 3.19. The molecule has 82 valence electrons. The standard InChI is InChI=1S/C13H12O3/c1-15-8-5-6-12-11(7-8)9-3-2-4-10(9)13(14)16-12/h3,5-7,10H,2,4H2,1H3. The van der Waals surface area contributed by atoms with Gasteiger partial charge in [-0.1, -0.05) is 6.08 Å². The molecule has 0 radical (unpaired) electrons. The first-order valence-electron chi connectivity index (χ1n) is 5.40. The second-order valence-corrected chi connectivity index (χ2v) is 4.07. The van der Waals surface area contributed by atoms with Crippen molar-refractivity contribution in [1.29, 1.82) is 0 Å². The Kier molecular flexibility index (Phi) is 1.99. The lowest BCUT2D eigenvalue weighted by Gasteiger charge is -2.23. The van der Waals surface area contributed by atoms with Crippen LogP contribution in [-0.4, -0.2) is 13.1 Å². The average Bonchev–Trinajstić information content (AvgIpc) is 2.78. The van der Waals surface area contributed by atoms with E-state index in [-0.39, 0.29) is 11.9 Å². The summed E-state index contributed by atoms with van der Waals surface area (Å²) in [7, 11) is 1.64. The Bertz CT molecular complexity index is 488. The summed E-state index contributed by atoms with van der Waals surface area (Å²) in [6, 6.07) is 5.54. The van der Waals surface area contributed by atoms with Gasteiger partial charge in [-0.2, -0.15) is 0 Å². The van der Waals surface area contributed by atoms with Crippen molar-refractivity contribution in [2.24, 2.45) is 5.92 Å². The molecule has 0 amide bonds. The van der Waals surface area contributed by atoms with Crippen LogP contribution in [0.4, 0.5) is 0 Å². The zero-order chi connectivity index (χ0) is 11.1. The van der Waals surface area contributed by atoms with Crippen molar-refractivity contribution in [2.75, 3.05) is 7.11 Å². The number of carbonyl (C=O) groups excluding carboxylic acids is 1. The van der Waals surface area contributed by atoms with Gasteiger partial charge in [0.15, 0.2) is 0 Å². The third kappa shape index (κ3) is 1.24. The molecule has 0 bridgehead atoms. The lowest BCUT2D eigenvalue weighted by molar-refractivity contribution is -0.137. The van der Waals surface area contributed by atoms with E-state index in [1.807, 2.05) is 12.1 Å². The molecule has 0 fully saturated rings. The first-order valence-corrected chi connectivity index (χ1v) is 5.40. The molecule has 0 spiro atoms. The fraction of sp³-hybridized carbons (Fsp3) is 0.308. The maximum atomic E-state index is 11.7. The SMILES string of the molecule is COc1ccc2c(c1)C1=CCCC1C(=O)O2. The molecule has 1 aromatic rings. The van der Waals surface area contributed by atoms with Crippen molar-refractivity contribution in [3.63, 3.8) is 0 Å². The van der Waals surface area contributed by atoms with Crippen molar-refractivity contribution < 1.29 is 14.3 Å². The van der Waals surface area contributed by atoms with Crippen molar-refractivity contribution in [3.05, 3.63) is 29.8 Å². The lowest BCUT2D eigenvalue weighted by atomic mass is 9.92. The van der Waals surface area contributed by atoms with Crippen LogP contribution in [0.2, 0.25) is 0 Å². The molecule has 1 aliphatic heterocycles. The Balaban J connectivity index is 2.15. The van der Waals surface area contributed by atoms with Crippen LogP contribution in [0.15, 0.2) is 24.3 Å². The minimum Gasteiger partial charge on any atom is -0.497 e. The smallest absolute Gasteiger partial charge is 0.318 e. The Morgan fingerprint density at radius 3 is 3.12 bits per heavy atom. The van der Waals surface area contributed by atoms with Crippen LogP contribution in [0.3, 0.4) is 0 Å². The van der Waals surface area contributed by atoms with E-state index in [1.165, 1.54) is 0 Å². The Morgan fingerprint density at radius 2 is 2.31 bits per heavy atom. The van der Waals surface area contributed by atoms with Gasteiger partial charge < -0.3 is 9.47 Å². The molecule has 0 saturated carbocycles. The molecule has 1 aromatic carbocycles. The van der Waals surface area contributed by atoms with Crippen molar-refractivity contribution >= 4 is 11.5 Å². The number of esters is 1. The van der Waals surface area contributed by atoms with Crippen molar-refractivity contribution in [1.82, 2.24) is 0 Å². The number of hydrogen-bond acceptors (Lipinski definition) is 3. The Morgan fingerprint density at radius 1 is 1.44 bits per heavy atom. The zero-order valence-corrected chi connectivity index (χ0v) is 9.03. The Labute approximate surface area is 93.7 Å². The third-order valence-electron chi connectivity index (χ3n) is 3.19. The molecule has 0 aromatic heterocycles. The Hall–Kier alpha value is -1.77. The van der Waals surface area contributed by atoms with Crippen molar-refractivity contribution in [3.8, 4) is 11.5 Å². The van der Waals surface area contributed by atoms with E-state index >= 15 is 0 Å². The highest BCUT2D eigenvalue weighted by atomic mass is 16.5. The fourth-order valence-corrected chi connectivity index (χ4v) is 2.38. The molecule has 3 nitrogen and oxygen atoms in total. The van der Waals surface area contributed by atoms with Crippen LogP contribution in [-0.2, 0) is 4.79 Å². The predicted molar refractivity (Wildman–Crippen MR) is 59.3 cm³/mol. The van der Waals surface area contributed by atoms with Gasteiger partial charge in [-0.05, 0) is 36.6 Å². The molecule has 1 unspecified atom stereocenters. The van der Waals surface area contributed by atoms with Crippen molar-refractivity contribution in [2.45, 2.75) is 12.8 Å². The summed E-state index contributed by atoms with van der Waals surface area (Å²) in [6.07, 6.45) is 3.94. The van der Waals surface area contributed by atoms with E-state index in [0.29, 0.717) is 5.75 Å². The van der Waals surface area contributed by atoms with Gasteiger partial charge in [-0.15, -0.1) is 0 Å². The van der Waals surface area contributed by atoms with E-state index in [9.17, 15) is 4.79 Å². The van der Waals surface area contributed by atoms with E-state index in [2.05, 4.69) is 6.08 Å². The predicted octanol–water partition coefficient (Wildman–Crippen LogP) is 2.41. The van der Waals surface area contributed by atoms with Crippen LogP contribution in [0.1, 0.15) is 18.4 Å². The van der Waals surface area contributed by atoms with Crippen LogP contribution in [0.25, 0.3) is 5.57 Å². The summed E-state index contributed by atoms with van der Waals surface area (Å²) < 4.78 is 10.5. The number of rotatable bonds is 1. The first kappa shape index (κ1) is 9.46. The minimum absolute atomic E-state index is 0.0698. The monoisotopic (exact) mass is 216 g/mol. The van der Waals surface area contributed by atoms with Gasteiger partial charge in [-0.3, -0.25) is 4.79 Å². The number of fused-ring (bicyclic) bond motifs is 3. The van der Waals surface area contributed by atoms with E-state index in [1.54, 1.807) is 13.2 Å². The quantitative estimate of drug-likeness (QED) is 0.534. The minimum atomic E-state index is -0.124. The topological polar surface area (TPSA) is 35.5 Å².